The number of aryl methyl sites for hydroxylation is 2. The first-order valence-corrected chi connectivity index (χ1v) is 13.9. The summed E-state index contributed by atoms with van der Waals surface area (Å²) in [5.41, 5.74) is 5.73. The highest BCUT2D eigenvalue weighted by atomic mass is 16.5. The van der Waals surface area contributed by atoms with Crippen LogP contribution in [0, 0.1) is 18.8 Å². The number of rotatable bonds is 7. The van der Waals surface area contributed by atoms with Gasteiger partial charge >= 0.3 is 0 Å². The van der Waals surface area contributed by atoms with Crippen molar-refractivity contribution in [1.29, 1.82) is 0 Å². The Hall–Kier alpha value is -2.00. The maximum Gasteiger partial charge on any atom is 0.0711 e. The Morgan fingerprint density at radius 1 is 0.824 bits per heavy atom. The molecule has 2 atom stereocenters. The van der Waals surface area contributed by atoms with E-state index in [1.54, 1.807) is 0 Å². The van der Waals surface area contributed by atoms with Gasteiger partial charge in [-0.2, -0.15) is 0 Å². The molecule has 2 aliphatic heterocycles. The van der Waals surface area contributed by atoms with Gasteiger partial charge in [-0.25, -0.2) is 0 Å². The Kier molecular flexibility index (Phi) is 7.49. The van der Waals surface area contributed by atoms with E-state index in [-0.39, 0.29) is 5.60 Å². The number of benzene rings is 2. The van der Waals surface area contributed by atoms with Crippen molar-refractivity contribution in [3.63, 3.8) is 0 Å². The number of piperazine rings is 1. The lowest BCUT2D eigenvalue weighted by atomic mass is 9.72. The van der Waals surface area contributed by atoms with Crippen LogP contribution in [0.3, 0.4) is 0 Å². The standard InChI is InChI=1S/C31H44N2O/c1-3-31(28-7-5-4-6-8-28)23-27(24-34-31)12-11-26-13-17-30(18-14-26)33-21-19-32(20-22-33)29-15-9-25(2)10-16-29/h9-10,13-18,27-28H,3-8,11-12,19-24H2,1-2H3. The third-order valence-corrected chi connectivity index (χ3v) is 9.01. The van der Waals surface area contributed by atoms with Crippen LogP contribution in [-0.4, -0.2) is 38.4 Å². The summed E-state index contributed by atoms with van der Waals surface area (Å²) in [6, 6.07) is 18.4. The van der Waals surface area contributed by atoms with E-state index in [1.807, 2.05) is 0 Å². The van der Waals surface area contributed by atoms with Gasteiger partial charge < -0.3 is 14.5 Å². The molecule has 1 saturated carbocycles. The topological polar surface area (TPSA) is 15.7 Å². The summed E-state index contributed by atoms with van der Waals surface area (Å²) < 4.78 is 6.56. The molecule has 3 aliphatic rings. The molecule has 3 heteroatoms. The van der Waals surface area contributed by atoms with Gasteiger partial charge in [0, 0.05) is 37.6 Å². The lowest BCUT2D eigenvalue weighted by Crippen LogP contribution is -2.46. The molecule has 2 unspecified atom stereocenters. The lowest BCUT2D eigenvalue weighted by Gasteiger charge is -2.38. The van der Waals surface area contributed by atoms with Crippen LogP contribution in [0.1, 0.15) is 69.4 Å². The fourth-order valence-electron chi connectivity index (χ4n) is 6.75. The number of ether oxygens (including phenoxy) is 1. The zero-order valence-electron chi connectivity index (χ0n) is 21.5. The van der Waals surface area contributed by atoms with E-state index in [4.69, 9.17) is 4.74 Å². The molecule has 0 aromatic heterocycles. The van der Waals surface area contributed by atoms with E-state index in [0.717, 1.165) is 44.6 Å². The van der Waals surface area contributed by atoms with Crippen LogP contribution in [0.15, 0.2) is 48.5 Å². The van der Waals surface area contributed by atoms with Gasteiger partial charge in [0.1, 0.15) is 0 Å². The zero-order valence-corrected chi connectivity index (χ0v) is 21.5. The van der Waals surface area contributed by atoms with Crippen LogP contribution >= 0.6 is 0 Å². The molecule has 1 aliphatic carbocycles. The predicted octanol–water partition coefficient (Wildman–Crippen LogP) is 7.02. The average Bonchev–Trinajstić information content (AvgIpc) is 3.34. The highest BCUT2D eigenvalue weighted by Gasteiger charge is 2.44. The van der Waals surface area contributed by atoms with Gasteiger partial charge in [-0.15, -0.1) is 0 Å². The molecule has 2 saturated heterocycles. The Bertz CT molecular complexity index is 894. The van der Waals surface area contributed by atoms with Crippen molar-refractivity contribution in [3.05, 3.63) is 59.7 Å². The Morgan fingerprint density at radius 3 is 2.00 bits per heavy atom. The highest BCUT2D eigenvalue weighted by molar-refractivity contribution is 5.52. The van der Waals surface area contributed by atoms with Crippen molar-refractivity contribution >= 4 is 11.4 Å². The Labute approximate surface area is 207 Å². The summed E-state index contributed by atoms with van der Waals surface area (Å²) in [6.07, 6.45) is 12.0. The van der Waals surface area contributed by atoms with Gasteiger partial charge in [0.05, 0.1) is 12.2 Å². The maximum atomic E-state index is 6.56. The highest BCUT2D eigenvalue weighted by Crippen LogP contribution is 2.46. The summed E-state index contributed by atoms with van der Waals surface area (Å²) in [5, 5.41) is 0. The van der Waals surface area contributed by atoms with E-state index in [1.165, 1.54) is 80.3 Å². The summed E-state index contributed by atoms with van der Waals surface area (Å²) in [4.78, 5) is 5.05. The summed E-state index contributed by atoms with van der Waals surface area (Å²) >= 11 is 0. The molecule has 34 heavy (non-hydrogen) atoms. The quantitative estimate of drug-likeness (QED) is 0.441. The van der Waals surface area contributed by atoms with Gasteiger partial charge in [-0.1, -0.05) is 56.0 Å². The minimum Gasteiger partial charge on any atom is -0.374 e. The van der Waals surface area contributed by atoms with Crippen molar-refractivity contribution in [1.82, 2.24) is 0 Å². The second kappa shape index (κ2) is 10.7. The van der Waals surface area contributed by atoms with Crippen molar-refractivity contribution in [2.24, 2.45) is 11.8 Å². The molecule has 0 bridgehead atoms. The smallest absolute Gasteiger partial charge is 0.0711 e. The van der Waals surface area contributed by atoms with Crippen LogP contribution in [0.2, 0.25) is 0 Å². The molecule has 184 valence electrons. The summed E-state index contributed by atoms with van der Waals surface area (Å²) in [7, 11) is 0. The minimum absolute atomic E-state index is 0.190. The fourth-order valence-corrected chi connectivity index (χ4v) is 6.75. The number of hydrogen-bond acceptors (Lipinski definition) is 3. The summed E-state index contributed by atoms with van der Waals surface area (Å²) in [5.74, 6) is 1.54. The third kappa shape index (κ3) is 5.30. The fraction of sp³-hybridized carbons (Fsp3) is 0.613. The van der Waals surface area contributed by atoms with Crippen LogP contribution in [0.4, 0.5) is 11.4 Å². The van der Waals surface area contributed by atoms with Gasteiger partial charge in [0.2, 0.25) is 0 Å². The molecule has 2 heterocycles. The van der Waals surface area contributed by atoms with Gasteiger partial charge in [-0.05, 0) is 87.1 Å². The lowest BCUT2D eigenvalue weighted by molar-refractivity contribution is -0.0585. The van der Waals surface area contributed by atoms with Crippen LogP contribution in [0.5, 0.6) is 0 Å². The second-order valence-electron chi connectivity index (χ2n) is 11.1. The molecule has 3 fully saturated rings. The molecule has 0 spiro atoms. The van der Waals surface area contributed by atoms with E-state index < -0.39 is 0 Å². The van der Waals surface area contributed by atoms with Gasteiger partial charge in [0.25, 0.3) is 0 Å². The second-order valence-corrected chi connectivity index (χ2v) is 11.1. The van der Waals surface area contributed by atoms with Crippen molar-refractivity contribution in [3.8, 4) is 0 Å². The van der Waals surface area contributed by atoms with E-state index in [9.17, 15) is 0 Å². The number of anilines is 2. The van der Waals surface area contributed by atoms with Crippen LogP contribution in [0.25, 0.3) is 0 Å². The van der Waals surface area contributed by atoms with E-state index >= 15 is 0 Å². The Balaban J connectivity index is 1.10. The molecule has 5 rings (SSSR count). The first kappa shape index (κ1) is 23.7. The molecular weight excluding hydrogens is 416 g/mol. The van der Waals surface area contributed by atoms with Gasteiger partial charge in [-0.3, -0.25) is 0 Å². The average molecular weight is 461 g/mol. The number of nitrogens with zero attached hydrogens (tertiary/aromatic N) is 2. The van der Waals surface area contributed by atoms with Crippen molar-refractivity contribution < 1.29 is 4.74 Å². The van der Waals surface area contributed by atoms with Crippen molar-refractivity contribution in [2.45, 2.75) is 77.2 Å². The molecule has 2 aromatic rings. The SMILES string of the molecule is CCC1(C2CCCCC2)CC(CCc2ccc(N3CCN(c4ccc(C)cc4)CC3)cc2)CO1. The normalized spacial score (nSPS) is 26.2. The minimum atomic E-state index is 0.190. The molecular formula is C31H44N2O. The first-order valence-electron chi connectivity index (χ1n) is 13.9. The molecule has 0 radical (unpaired) electrons. The van der Waals surface area contributed by atoms with Crippen LogP contribution in [-0.2, 0) is 11.2 Å². The van der Waals surface area contributed by atoms with Gasteiger partial charge in [0.15, 0.2) is 0 Å². The van der Waals surface area contributed by atoms with E-state index in [2.05, 4.69) is 72.2 Å². The molecule has 3 nitrogen and oxygen atoms in total. The first-order chi connectivity index (χ1) is 16.6. The molecule has 0 amide bonds. The largest absolute Gasteiger partial charge is 0.374 e. The third-order valence-electron chi connectivity index (χ3n) is 9.01. The zero-order chi connectivity index (χ0) is 23.4. The molecule has 0 N–H and O–H groups in total. The Morgan fingerprint density at radius 2 is 1.41 bits per heavy atom. The number of hydrogen-bond donors (Lipinski definition) is 0. The predicted molar refractivity (Wildman–Crippen MR) is 144 cm³/mol. The summed E-state index contributed by atoms with van der Waals surface area (Å²) in [6.45, 7) is 9.85. The van der Waals surface area contributed by atoms with E-state index in [0.29, 0.717) is 0 Å². The monoisotopic (exact) mass is 460 g/mol. The van der Waals surface area contributed by atoms with Crippen LogP contribution < -0.4 is 9.80 Å². The molecule has 2 aromatic carbocycles. The maximum absolute atomic E-state index is 6.56. The van der Waals surface area contributed by atoms with Crippen molar-refractivity contribution in [2.75, 3.05) is 42.6 Å².